The highest BCUT2D eigenvalue weighted by molar-refractivity contribution is 6.32. The molecule has 2 aromatic heterocycles. The lowest BCUT2D eigenvalue weighted by molar-refractivity contribution is 0.102. The second-order valence-electron chi connectivity index (χ2n) is 4.84. The molecule has 7 heteroatoms. The van der Waals surface area contributed by atoms with E-state index < -0.39 is 5.91 Å². The van der Waals surface area contributed by atoms with Gasteiger partial charge in [0.15, 0.2) is 5.82 Å². The van der Waals surface area contributed by atoms with Crippen LogP contribution in [0.15, 0.2) is 16.8 Å². The predicted molar refractivity (Wildman–Crippen MR) is 79.1 cm³/mol. The third kappa shape index (κ3) is 3.16. The fourth-order valence-corrected chi connectivity index (χ4v) is 1.92. The average molecular weight is 310 g/mol. The van der Waals surface area contributed by atoms with E-state index in [1.54, 1.807) is 13.0 Å². The summed E-state index contributed by atoms with van der Waals surface area (Å²) < 4.78 is 10.2. The molecule has 0 aromatic carbocycles. The van der Waals surface area contributed by atoms with Gasteiger partial charge in [-0.3, -0.25) is 4.79 Å². The fraction of sp³-hybridized carbons (Fsp3) is 0.357. The van der Waals surface area contributed by atoms with Gasteiger partial charge in [-0.1, -0.05) is 30.6 Å². The number of anilines is 1. The maximum absolute atomic E-state index is 12.4. The Morgan fingerprint density at radius 3 is 2.76 bits per heavy atom. The number of hydrogen-bond acceptors (Lipinski definition) is 5. The van der Waals surface area contributed by atoms with Gasteiger partial charge in [0.1, 0.15) is 11.3 Å². The summed E-state index contributed by atoms with van der Waals surface area (Å²) in [7, 11) is 1.44. The quantitative estimate of drug-likeness (QED) is 0.936. The number of rotatable bonds is 4. The van der Waals surface area contributed by atoms with Gasteiger partial charge in [-0.25, -0.2) is 4.98 Å². The topological polar surface area (TPSA) is 77.2 Å². The summed E-state index contributed by atoms with van der Waals surface area (Å²) in [6.07, 6.45) is 1.44. The molecule has 2 heterocycles. The Bertz CT molecular complexity index is 667. The normalized spacial score (nSPS) is 10.8. The van der Waals surface area contributed by atoms with Crippen molar-refractivity contribution in [2.45, 2.75) is 26.7 Å². The van der Waals surface area contributed by atoms with Gasteiger partial charge in [0.05, 0.1) is 12.1 Å². The molecular formula is C14H16ClN3O3. The standard InChI is InChI=1S/C14H16ClN3O3/c1-7(2)10-5-11(18-21-10)17-13(19)12-8(3)9(15)6-16-14(12)20-4/h5-7H,1-4H3,(H,17,18,19). The van der Waals surface area contributed by atoms with Crippen LogP contribution in [0.4, 0.5) is 5.82 Å². The molecule has 0 spiro atoms. The van der Waals surface area contributed by atoms with Crippen molar-refractivity contribution in [3.8, 4) is 5.88 Å². The number of carbonyl (C=O) groups is 1. The minimum Gasteiger partial charge on any atom is -0.480 e. The second-order valence-corrected chi connectivity index (χ2v) is 5.25. The number of carbonyl (C=O) groups excluding carboxylic acids is 1. The highest BCUT2D eigenvalue weighted by Crippen LogP contribution is 2.26. The second kappa shape index (κ2) is 6.13. The Labute approximate surface area is 127 Å². The molecule has 1 N–H and O–H groups in total. The van der Waals surface area contributed by atoms with Gasteiger partial charge in [-0.05, 0) is 12.5 Å². The maximum atomic E-state index is 12.4. The largest absolute Gasteiger partial charge is 0.480 e. The third-order valence-electron chi connectivity index (χ3n) is 3.00. The van der Waals surface area contributed by atoms with Gasteiger partial charge in [0, 0.05) is 18.2 Å². The van der Waals surface area contributed by atoms with Gasteiger partial charge in [-0.2, -0.15) is 0 Å². The molecule has 0 bridgehead atoms. The van der Waals surface area contributed by atoms with Crippen molar-refractivity contribution < 1.29 is 14.1 Å². The number of pyridine rings is 1. The van der Waals surface area contributed by atoms with Crippen LogP contribution in [0.1, 0.15) is 41.4 Å². The van der Waals surface area contributed by atoms with Crippen LogP contribution >= 0.6 is 11.6 Å². The van der Waals surface area contributed by atoms with Gasteiger partial charge < -0.3 is 14.6 Å². The lowest BCUT2D eigenvalue weighted by Crippen LogP contribution is -2.16. The predicted octanol–water partition coefficient (Wildman–Crippen LogP) is 3.42. The van der Waals surface area contributed by atoms with Crippen LogP contribution in [0.5, 0.6) is 5.88 Å². The van der Waals surface area contributed by atoms with Crippen LogP contribution in [-0.4, -0.2) is 23.2 Å². The summed E-state index contributed by atoms with van der Waals surface area (Å²) >= 11 is 6.00. The molecule has 0 saturated carbocycles. The maximum Gasteiger partial charge on any atom is 0.262 e. The summed E-state index contributed by atoms with van der Waals surface area (Å²) in [6.45, 7) is 5.67. The summed E-state index contributed by atoms with van der Waals surface area (Å²) in [6, 6.07) is 1.68. The molecule has 0 aliphatic heterocycles. The molecule has 0 aliphatic carbocycles. The minimum absolute atomic E-state index is 0.187. The zero-order valence-corrected chi connectivity index (χ0v) is 13.0. The Kier molecular flexibility index (Phi) is 4.47. The van der Waals surface area contributed by atoms with Crippen LogP contribution < -0.4 is 10.1 Å². The number of nitrogens with zero attached hydrogens (tertiary/aromatic N) is 2. The molecule has 0 atom stereocenters. The van der Waals surface area contributed by atoms with E-state index in [2.05, 4.69) is 15.5 Å². The minimum atomic E-state index is -0.400. The smallest absolute Gasteiger partial charge is 0.262 e. The molecule has 21 heavy (non-hydrogen) atoms. The van der Waals surface area contributed by atoms with Crippen LogP contribution in [0.2, 0.25) is 5.02 Å². The van der Waals surface area contributed by atoms with Crippen molar-refractivity contribution in [3.05, 3.63) is 34.2 Å². The first kappa shape index (κ1) is 15.3. The van der Waals surface area contributed by atoms with Crippen molar-refractivity contribution in [2.75, 3.05) is 12.4 Å². The molecule has 0 fully saturated rings. The van der Waals surface area contributed by atoms with E-state index >= 15 is 0 Å². The van der Waals surface area contributed by atoms with Crippen LogP contribution in [-0.2, 0) is 0 Å². The number of amides is 1. The van der Waals surface area contributed by atoms with E-state index in [4.69, 9.17) is 20.9 Å². The monoisotopic (exact) mass is 309 g/mol. The molecule has 0 radical (unpaired) electrons. The molecular weight excluding hydrogens is 294 g/mol. The lowest BCUT2D eigenvalue weighted by atomic mass is 10.1. The van der Waals surface area contributed by atoms with Crippen molar-refractivity contribution in [1.29, 1.82) is 0 Å². The van der Waals surface area contributed by atoms with Crippen molar-refractivity contribution in [2.24, 2.45) is 0 Å². The summed E-state index contributed by atoms with van der Waals surface area (Å²) in [5.41, 5.74) is 0.868. The SMILES string of the molecule is COc1ncc(Cl)c(C)c1C(=O)Nc1cc(C(C)C)on1. The van der Waals surface area contributed by atoms with Crippen molar-refractivity contribution in [1.82, 2.24) is 10.1 Å². The van der Waals surface area contributed by atoms with Crippen molar-refractivity contribution >= 4 is 23.3 Å². The van der Waals surface area contributed by atoms with Gasteiger partial charge in [0.2, 0.25) is 5.88 Å². The number of halogens is 1. The Morgan fingerprint density at radius 1 is 1.48 bits per heavy atom. The number of hydrogen-bond donors (Lipinski definition) is 1. The van der Waals surface area contributed by atoms with E-state index in [0.29, 0.717) is 22.2 Å². The highest BCUT2D eigenvalue weighted by Gasteiger charge is 2.20. The fourth-order valence-electron chi connectivity index (χ4n) is 1.78. The van der Waals surface area contributed by atoms with E-state index in [1.165, 1.54) is 13.3 Å². The zero-order chi connectivity index (χ0) is 15.6. The summed E-state index contributed by atoms with van der Waals surface area (Å²) in [4.78, 5) is 16.4. The van der Waals surface area contributed by atoms with Gasteiger partial charge in [-0.15, -0.1) is 0 Å². The Morgan fingerprint density at radius 2 is 2.19 bits per heavy atom. The number of ether oxygens (including phenoxy) is 1. The molecule has 6 nitrogen and oxygen atoms in total. The Balaban J connectivity index is 2.29. The molecule has 112 valence electrons. The molecule has 0 unspecified atom stereocenters. The average Bonchev–Trinajstić information content (AvgIpc) is 2.90. The van der Waals surface area contributed by atoms with E-state index in [0.717, 1.165) is 0 Å². The first-order chi connectivity index (χ1) is 9.93. The Hall–Kier alpha value is -2.08. The summed E-state index contributed by atoms with van der Waals surface area (Å²) in [5, 5.41) is 6.86. The van der Waals surface area contributed by atoms with Crippen molar-refractivity contribution in [3.63, 3.8) is 0 Å². The number of aromatic nitrogens is 2. The zero-order valence-electron chi connectivity index (χ0n) is 12.2. The highest BCUT2D eigenvalue weighted by atomic mass is 35.5. The van der Waals surface area contributed by atoms with Crippen LogP contribution in [0, 0.1) is 6.92 Å². The van der Waals surface area contributed by atoms with Gasteiger partial charge in [0.25, 0.3) is 5.91 Å². The van der Waals surface area contributed by atoms with Crippen LogP contribution in [0.25, 0.3) is 0 Å². The molecule has 2 aromatic rings. The van der Waals surface area contributed by atoms with Crippen LogP contribution in [0.3, 0.4) is 0 Å². The molecule has 2 rings (SSSR count). The third-order valence-corrected chi connectivity index (χ3v) is 3.38. The number of nitrogens with one attached hydrogen (secondary N) is 1. The van der Waals surface area contributed by atoms with Gasteiger partial charge >= 0.3 is 0 Å². The van der Waals surface area contributed by atoms with E-state index in [9.17, 15) is 4.79 Å². The molecule has 1 amide bonds. The first-order valence-electron chi connectivity index (χ1n) is 6.41. The first-order valence-corrected chi connectivity index (χ1v) is 6.78. The number of methoxy groups -OCH3 is 1. The van der Waals surface area contributed by atoms with E-state index in [-0.39, 0.29) is 17.4 Å². The summed E-state index contributed by atoms with van der Waals surface area (Å²) in [5.74, 6) is 1.03. The lowest BCUT2D eigenvalue weighted by Gasteiger charge is -2.10. The molecule has 0 saturated heterocycles. The molecule has 0 aliphatic rings. The van der Waals surface area contributed by atoms with E-state index in [1.807, 2.05) is 13.8 Å².